The summed E-state index contributed by atoms with van der Waals surface area (Å²) in [6.07, 6.45) is 3.80. The third-order valence-corrected chi connectivity index (χ3v) is 3.45. The molecule has 2 atom stereocenters. The van der Waals surface area contributed by atoms with E-state index in [2.05, 4.69) is 11.8 Å². The summed E-state index contributed by atoms with van der Waals surface area (Å²) in [6, 6.07) is 0.476. The minimum atomic E-state index is -0.607. The van der Waals surface area contributed by atoms with Crippen LogP contribution in [0.4, 0.5) is 0 Å². The smallest absolute Gasteiger partial charge is 0.324 e. The first-order valence-electron chi connectivity index (χ1n) is 4.67. The Bertz CT molecular complexity index is 217. The molecule has 2 aliphatic rings. The minimum absolute atomic E-state index is 0.473. The summed E-state index contributed by atoms with van der Waals surface area (Å²) in [7, 11) is 0. The van der Waals surface area contributed by atoms with Crippen molar-refractivity contribution in [3.63, 3.8) is 0 Å². The van der Waals surface area contributed by atoms with E-state index in [0.29, 0.717) is 6.04 Å². The third kappa shape index (κ3) is 0.829. The normalized spacial score (nSPS) is 41.6. The molecule has 0 unspecified atom stereocenters. The number of nitrogens with zero attached hydrogens (tertiary/aromatic N) is 1. The van der Waals surface area contributed by atoms with E-state index in [-0.39, 0.29) is 0 Å². The van der Waals surface area contributed by atoms with Gasteiger partial charge >= 0.3 is 5.97 Å². The second kappa shape index (κ2) is 2.46. The van der Waals surface area contributed by atoms with Crippen molar-refractivity contribution in [3.05, 3.63) is 0 Å². The Balaban J connectivity index is 2.29. The molecule has 0 aromatic carbocycles. The number of rotatable bonds is 1. The van der Waals surface area contributed by atoms with Gasteiger partial charge in [0.1, 0.15) is 5.54 Å². The van der Waals surface area contributed by atoms with E-state index in [9.17, 15) is 4.79 Å². The Morgan fingerprint density at radius 2 is 2.33 bits per heavy atom. The van der Waals surface area contributed by atoms with Gasteiger partial charge in [-0.05, 0) is 39.2 Å². The summed E-state index contributed by atoms with van der Waals surface area (Å²) >= 11 is 0. The first-order valence-corrected chi connectivity index (χ1v) is 4.67. The molecular formula is C9H15NO2. The van der Waals surface area contributed by atoms with Crippen molar-refractivity contribution < 1.29 is 9.90 Å². The fourth-order valence-corrected chi connectivity index (χ4v) is 2.75. The molecule has 0 amide bonds. The fraction of sp³-hybridized carbons (Fsp3) is 0.889. The zero-order chi connectivity index (χ0) is 8.77. The maximum Gasteiger partial charge on any atom is 0.324 e. The fourth-order valence-electron chi connectivity index (χ4n) is 2.75. The van der Waals surface area contributed by atoms with Gasteiger partial charge in [-0.15, -0.1) is 0 Å². The number of carbonyl (C=O) groups is 1. The van der Waals surface area contributed by atoms with Crippen LogP contribution in [0.2, 0.25) is 0 Å². The summed E-state index contributed by atoms with van der Waals surface area (Å²) in [6.45, 7) is 3.11. The maximum absolute atomic E-state index is 11.1. The molecule has 0 aromatic heterocycles. The van der Waals surface area contributed by atoms with Crippen LogP contribution in [0.15, 0.2) is 0 Å². The van der Waals surface area contributed by atoms with Gasteiger partial charge in [0.25, 0.3) is 0 Å². The molecule has 2 saturated heterocycles. The summed E-state index contributed by atoms with van der Waals surface area (Å²) in [5.41, 5.74) is -0.473. The molecule has 3 nitrogen and oxygen atoms in total. The van der Waals surface area contributed by atoms with Crippen LogP contribution in [0.1, 0.15) is 32.6 Å². The Labute approximate surface area is 72.4 Å². The molecule has 2 heterocycles. The van der Waals surface area contributed by atoms with Gasteiger partial charge in [-0.1, -0.05) is 0 Å². The quantitative estimate of drug-likeness (QED) is 0.638. The maximum atomic E-state index is 11.1. The zero-order valence-electron chi connectivity index (χ0n) is 7.42. The van der Waals surface area contributed by atoms with Gasteiger partial charge in [0.05, 0.1) is 0 Å². The molecule has 0 aromatic rings. The Kier molecular flexibility index (Phi) is 1.65. The number of carboxylic acid groups (broad SMARTS) is 1. The van der Waals surface area contributed by atoms with E-state index in [1.165, 1.54) is 0 Å². The number of carboxylic acids is 1. The van der Waals surface area contributed by atoms with Crippen molar-refractivity contribution in [2.75, 3.05) is 6.54 Å². The summed E-state index contributed by atoms with van der Waals surface area (Å²) in [4.78, 5) is 13.3. The van der Waals surface area contributed by atoms with Crippen LogP contribution >= 0.6 is 0 Å². The molecule has 0 aliphatic carbocycles. The predicted molar refractivity (Wildman–Crippen MR) is 45.0 cm³/mol. The van der Waals surface area contributed by atoms with Gasteiger partial charge in [0.2, 0.25) is 0 Å². The topological polar surface area (TPSA) is 40.5 Å². The molecule has 0 spiro atoms. The van der Waals surface area contributed by atoms with E-state index in [1.54, 1.807) is 0 Å². The Hall–Kier alpha value is -0.570. The van der Waals surface area contributed by atoms with Crippen LogP contribution < -0.4 is 0 Å². The lowest BCUT2D eigenvalue weighted by Crippen LogP contribution is -2.47. The average molecular weight is 169 g/mol. The Morgan fingerprint density at radius 1 is 1.58 bits per heavy atom. The van der Waals surface area contributed by atoms with Crippen molar-refractivity contribution in [2.45, 2.75) is 44.2 Å². The van der Waals surface area contributed by atoms with E-state index >= 15 is 0 Å². The molecule has 2 aliphatic heterocycles. The lowest BCUT2D eigenvalue weighted by molar-refractivity contribution is -0.148. The number of aliphatic carboxylic acids is 1. The van der Waals surface area contributed by atoms with E-state index in [1.807, 2.05) is 0 Å². The van der Waals surface area contributed by atoms with Crippen LogP contribution in [0.3, 0.4) is 0 Å². The second-order valence-corrected chi connectivity index (χ2v) is 4.02. The van der Waals surface area contributed by atoms with Gasteiger partial charge in [-0.3, -0.25) is 9.69 Å². The highest BCUT2D eigenvalue weighted by molar-refractivity contribution is 5.79. The van der Waals surface area contributed by atoms with Crippen LogP contribution in [0.25, 0.3) is 0 Å². The van der Waals surface area contributed by atoms with Crippen molar-refractivity contribution in [2.24, 2.45) is 0 Å². The zero-order valence-corrected chi connectivity index (χ0v) is 7.42. The number of fused-ring (bicyclic) bond motifs is 1. The molecule has 2 fully saturated rings. The highest BCUT2D eigenvalue weighted by atomic mass is 16.4. The standard InChI is InChI=1S/C9H15NO2/c1-7-3-5-9(8(11)12)4-2-6-10(7)9/h7H,2-6H2,1H3,(H,11,12)/t7-,9-/m0/s1. The largest absolute Gasteiger partial charge is 0.480 e. The minimum Gasteiger partial charge on any atom is -0.480 e. The number of hydrogen-bond acceptors (Lipinski definition) is 2. The lowest BCUT2D eigenvalue weighted by atomic mass is 9.94. The molecule has 2 rings (SSSR count). The van der Waals surface area contributed by atoms with Crippen LogP contribution in [-0.4, -0.2) is 34.1 Å². The second-order valence-electron chi connectivity index (χ2n) is 4.02. The average Bonchev–Trinajstić information content (AvgIpc) is 2.53. The van der Waals surface area contributed by atoms with Crippen LogP contribution in [-0.2, 0) is 4.79 Å². The molecule has 68 valence electrons. The molecule has 1 N–H and O–H groups in total. The van der Waals surface area contributed by atoms with Gasteiger partial charge in [-0.25, -0.2) is 0 Å². The Morgan fingerprint density at radius 3 is 2.92 bits per heavy atom. The molecule has 0 bridgehead atoms. The first-order chi connectivity index (χ1) is 5.67. The summed E-state index contributed by atoms with van der Waals surface area (Å²) < 4.78 is 0. The van der Waals surface area contributed by atoms with Crippen molar-refractivity contribution >= 4 is 5.97 Å². The van der Waals surface area contributed by atoms with Gasteiger partial charge in [-0.2, -0.15) is 0 Å². The SMILES string of the molecule is C[C@H]1CC[C@]2(C(=O)O)CCCN12. The molecule has 3 heteroatoms. The summed E-state index contributed by atoms with van der Waals surface area (Å²) in [5, 5.41) is 9.15. The highest BCUT2D eigenvalue weighted by Crippen LogP contribution is 2.42. The third-order valence-electron chi connectivity index (χ3n) is 3.45. The molecular weight excluding hydrogens is 154 g/mol. The molecule has 12 heavy (non-hydrogen) atoms. The van der Waals surface area contributed by atoms with E-state index in [4.69, 9.17) is 5.11 Å². The van der Waals surface area contributed by atoms with Crippen molar-refractivity contribution in [1.29, 1.82) is 0 Å². The predicted octanol–water partition coefficient (Wildman–Crippen LogP) is 1.09. The lowest BCUT2D eigenvalue weighted by Gasteiger charge is -2.29. The van der Waals surface area contributed by atoms with Crippen molar-refractivity contribution in [3.8, 4) is 0 Å². The van der Waals surface area contributed by atoms with E-state index in [0.717, 1.165) is 32.2 Å². The molecule has 0 radical (unpaired) electrons. The number of hydrogen-bond donors (Lipinski definition) is 1. The van der Waals surface area contributed by atoms with E-state index < -0.39 is 11.5 Å². The van der Waals surface area contributed by atoms with Gasteiger partial charge in [0, 0.05) is 6.04 Å². The molecule has 0 saturated carbocycles. The van der Waals surface area contributed by atoms with Crippen molar-refractivity contribution in [1.82, 2.24) is 4.90 Å². The first kappa shape index (κ1) is 8.05. The van der Waals surface area contributed by atoms with Crippen LogP contribution in [0, 0.1) is 0 Å². The summed E-state index contributed by atoms with van der Waals surface area (Å²) in [5.74, 6) is -0.607. The van der Waals surface area contributed by atoms with Gasteiger partial charge in [0.15, 0.2) is 0 Å². The van der Waals surface area contributed by atoms with Crippen LogP contribution in [0.5, 0.6) is 0 Å². The highest BCUT2D eigenvalue weighted by Gasteiger charge is 2.52. The van der Waals surface area contributed by atoms with Gasteiger partial charge < -0.3 is 5.11 Å². The monoisotopic (exact) mass is 169 g/mol.